The fourth-order valence-electron chi connectivity index (χ4n) is 3.55. The average molecular weight is 413 g/mol. The van der Waals surface area contributed by atoms with Gasteiger partial charge in [0.15, 0.2) is 0 Å². The first kappa shape index (κ1) is 21.4. The molecule has 2 aromatic carbocycles. The second kappa shape index (κ2) is 9.98. The van der Waals surface area contributed by atoms with Crippen LogP contribution < -0.4 is 15.2 Å². The number of urea groups is 1. The quantitative estimate of drug-likeness (QED) is 0.485. The Bertz CT molecular complexity index is 902. The zero-order valence-electron chi connectivity index (χ0n) is 17.0. The van der Waals surface area contributed by atoms with Crippen molar-refractivity contribution in [1.82, 2.24) is 9.96 Å². The molecule has 0 saturated heterocycles. The zero-order chi connectivity index (χ0) is 21.5. The molecule has 0 fully saturated rings. The molecule has 0 atom stereocenters. The van der Waals surface area contributed by atoms with Gasteiger partial charge in [-0.25, -0.2) is 9.86 Å². The number of benzene rings is 2. The normalized spacial score (nSPS) is 13.0. The maximum atomic E-state index is 12.8. The minimum atomic E-state index is -0.930. The summed E-state index contributed by atoms with van der Waals surface area (Å²) < 4.78 is 10.9. The SMILES string of the molecule is COc1ccccc1CCCN1CCc2cc(OCCN(O)C(N)=O)ccc2C1=O. The molecule has 3 amide bonds. The molecule has 3 N–H and O–H groups in total. The van der Waals surface area contributed by atoms with E-state index in [1.807, 2.05) is 35.2 Å². The number of hydrogen-bond donors (Lipinski definition) is 2. The molecule has 0 aromatic heterocycles. The van der Waals surface area contributed by atoms with E-state index in [1.165, 1.54) is 0 Å². The van der Waals surface area contributed by atoms with Gasteiger partial charge < -0.3 is 20.1 Å². The summed E-state index contributed by atoms with van der Waals surface area (Å²) in [5.74, 6) is 1.49. The highest BCUT2D eigenvalue weighted by Gasteiger charge is 2.24. The molecule has 1 heterocycles. The Morgan fingerprint density at radius 1 is 1.27 bits per heavy atom. The first-order valence-electron chi connectivity index (χ1n) is 9.92. The Balaban J connectivity index is 1.53. The van der Waals surface area contributed by atoms with Crippen LogP contribution in [0.5, 0.6) is 11.5 Å². The minimum Gasteiger partial charge on any atom is -0.496 e. The van der Waals surface area contributed by atoms with Crippen molar-refractivity contribution in [3.8, 4) is 11.5 Å². The van der Waals surface area contributed by atoms with Gasteiger partial charge in [-0.1, -0.05) is 18.2 Å². The van der Waals surface area contributed by atoms with E-state index >= 15 is 0 Å². The van der Waals surface area contributed by atoms with Gasteiger partial charge in [0.2, 0.25) is 0 Å². The summed E-state index contributed by atoms with van der Waals surface area (Å²) in [6.45, 7) is 1.41. The number of carbonyl (C=O) groups excluding carboxylic acids is 2. The molecule has 0 bridgehead atoms. The van der Waals surface area contributed by atoms with Crippen molar-refractivity contribution >= 4 is 11.9 Å². The van der Waals surface area contributed by atoms with Crippen LogP contribution in [0.3, 0.4) is 0 Å². The maximum absolute atomic E-state index is 12.8. The van der Waals surface area contributed by atoms with Crippen LogP contribution in [0, 0.1) is 0 Å². The van der Waals surface area contributed by atoms with Crippen LogP contribution in [-0.4, -0.2) is 60.5 Å². The van der Waals surface area contributed by atoms with E-state index in [1.54, 1.807) is 19.2 Å². The van der Waals surface area contributed by atoms with E-state index in [4.69, 9.17) is 15.2 Å². The molecule has 0 saturated carbocycles. The Hall–Kier alpha value is -3.26. The van der Waals surface area contributed by atoms with Gasteiger partial charge >= 0.3 is 6.03 Å². The first-order valence-corrected chi connectivity index (χ1v) is 9.92. The number of para-hydroxylation sites is 1. The molecule has 1 aliphatic rings. The number of methoxy groups -OCH3 is 1. The van der Waals surface area contributed by atoms with Crippen molar-refractivity contribution < 1.29 is 24.3 Å². The van der Waals surface area contributed by atoms with Crippen LogP contribution in [0.2, 0.25) is 0 Å². The van der Waals surface area contributed by atoms with E-state index < -0.39 is 6.03 Å². The number of aryl methyl sites for hydroxylation is 1. The Labute approximate surface area is 175 Å². The number of hydrogen-bond acceptors (Lipinski definition) is 5. The average Bonchev–Trinajstić information content (AvgIpc) is 2.75. The number of nitrogens with zero attached hydrogens (tertiary/aromatic N) is 2. The highest BCUT2D eigenvalue weighted by molar-refractivity contribution is 5.96. The number of nitrogens with two attached hydrogens (primary N) is 1. The summed E-state index contributed by atoms with van der Waals surface area (Å²) in [4.78, 5) is 25.5. The van der Waals surface area contributed by atoms with Crippen LogP contribution in [0.1, 0.15) is 27.9 Å². The number of amides is 3. The van der Waals surface area contributed by atoms with E-state index in [2.05, 4.69) is 0 Å². The number of ether oxygens (including phenoxy) is 2. The third-order valence-electron chi connectivity index (χ3n) is 5.14. The molecule has 3 rings (SSSR count). The Morgan fingerprint density at radius 3 is 2.83 bits per heavy atom. The largest absolute Gasteiger partial charge is 0.496 e. The summed E-state index contributed by atoms with van der Waals surface area (Å²) >= 11 is 0. The highest BCUT2D eigenvalue weighted by atomic mass is 16.5. The van der Waals surface area contributed by atoms with E-state index in [9.17, 15) is 14.8 Å². The third-order valence-corrected chi connectivity index (χ3v) is 5.14. The molecule has 0 aliphatic carbocycles. The molecular weight excluding hydrogens is 386 g/mol. The molecule has 0 unspecified atom stereocenters. The Morgan fingerprint density at radius 2 is 2.07 bits per heavy atom. The molecule has 2 aromatic rings. The summed E-state index contributed by atoms with van der Waals surface area (Å²) in [5.41, 5.74) is 7.72. The lowest BCUT2D eigenvalue weighted by atomic mass is 9.98. The smallest absolute Gasteiger partial charge is 0.338 e. The van der Waals surface area contributed by atoms with Gasteiger partial charge in [-0.05, 0) is 54.7 Å². The molecule has 0 radical (unpaired) electrons. The number of hydroxylamine groups is 2. The minimum absolute atomic E-state index is 0.0260. The second-order valence-electron chi connectivity index (χ2n) is 7.09. The van der Waals surface area contributed by atoms with Gasteiger partial charge in [-0.15, -0.1) is 0 Å². The topological polar surface area (TPSA) is 105 Å². The van der Waals surface area contributed by atoms with Gasteiger partial charge in [0.05, 0.1) is 13.7 Å². The number of rotatable bonds is 9. The number of fused-ring (bicyclic) bond motifs is 1. The summed E-state index contributed by atoms with van der Waals surface area (Å²) in [6.07, 6.45) is 2.46. The fraction of sp³-hybridized carbons (Fsp3) is 0.364. The van der Waals surface area contributed by atoms with Crippen molar-refractivity contribution in [1.29, 1.82) is 0 Å². The molecule has 1 aliphatic heterocycles. The van der Waals surface area contributed by atoms with Crippen LogP contribution in [-0.2, 0) is 12.8 Å². The third kappa shape index (κ3) is 5.21. The first-order chi connectivity index (χ1) is 14.5. The van der Waals surface area contributed by atoms with Gasteiger partial charge in [-0.2, -0.15) is 0 Å². The van der Waals surface area contributed by atoms with Gasteiger partial charge in [-0.3, -0.25) is 10.0 Å². The molecule has 30 heavy (non-hydrogen) atoms. The Kier molecular flexibility index (Phi) is 7.13. The predicted molar refractivity (Wildman–Crippen MR) is 111 cm³/mol. The lowest BCUT2D eigenvalue weighted by molar-refractivity contribution is -0.0464. The van der Waals surface area contributed by atoms with Crippen molar-refractivity contribution in [2.45, 2.75) is 19.3 Å². The maximum Gasteiger partial charge on any atom is 0.338 e. The van der Waals surface area contributed by atoms with E-state index in [0.29, 0.717) is 29.5 Å². The van der Waals surface area contributed by atoms with Gasteiger partial charge in [0.25, 0.3) is 5.91 Å². The predicted octanol–water partition coefficient (Wildman–Crippen LogP) is 2.48. The van der Waals surface area contributed by atoms with Gasteiger partial charge in [0.1, 0.15) is 18.1 Å². The lowest BCUT2D eigenvalue weighted by Gasteiger charge is -2.29. The second-order valence-corrected chi connectivity index (χ2v) is 7.09. The fourth-order valence-corrected chi connectivity index (χ4v) is 3.55. The monoisotopic (exact) mass is 413 g/mol. The number of primary amides is 1. The summed E-state index contributed by atoms with van der Waals surface area (Å²) in [5, 5.41) is 9.65. The van der Waals surface area contributed by atoms with E-state index in [0.717, 1.165) is 36.1 Å². The molecular formula is C22H27N3O5. The molecule has 8 nitrogen and oxygen atoms in total. The summed E-state index contributed by atoms with van der Waals surface area (Å²) in [7, 11) is 1.67. The highest BCUT2D eigenvalue weighted by Crippen LogP contribution is 2.25. The zero-order valence-corrected chi connectivity index (χ0v) is 17.0. The van der Waals surface area contributed by atoms with Gasteiger partial charge in [0, 0.05) is 18.7 Å². The van der Waals surface area contributed by atoms with Crippen molar-refractivity contribution in [2.24, 2.45) is 5.73 Å². The summed E-state index contributed by atoms with van der Waals surface area (Å²) in [6, 6.07) is 12.3. The van der Waals surface area contributed by atoms with Crippen LogP contribution in [0.4, 0.5) is 4.79 Å². The van der Waals surface area contributed by atoms with Crippen LogP contribution in [0.15, 0.2) is 42.5 Å². The number of carbonyl (C=O) groups is 2. The van der Waals surface area contributed by atoms with Crippen molar-refractivity contribution in [2.75, 3.05) is 33.4 Å². The van der Waals surface area contributed by atoms with E-state index in [-0.39, 0.29) is 19.1 Å². The van der Waals surface area contributed by atoms with Crippen molar-refractivity contribution in [3.63, 3.8) is 0 Å². The standard InChI is InChI=1S/C22H27N3O5/c1-29-20-7-3-2-5-16(20)6-4-11-24-12-10-17-15-18(8-9-19(17)21(24)26)30-14-13-25(28)22(23)27/h2-3,5,7-9,15,28H,4,6,10-14H2,1H3,(H2,23,27). The van der Waals surface area contributed by atoms with Crippen LogP contribution in [0.25, 0.3) is 0 Å². The lowest BCUT2D eigenvalue weighted by Crippen LogP contribution is -2.38. The van der Waals surface area contributed by atoms with Crippen molar-refractivity contribution in [3.05, 3.63) is 59.2 Å². The molecule has 0 spiro atoms. The van der Waals surface area contributed by atoms with Crippen LogP contribution >= 0.6 is 0 Å². The molecule has 160 valence electrons. The molecule has 8 heteroatoms.